The van der Waals surface area contributed by atoms with Gasteiger partial charge in [-0.1, -0.05) is 59.6 Å². The maximum Gasteiger partial charge on any atom is 0.0913 e. The number of hydrogen-bond donors (Lipinski definition) is 1. The average molecular weight is 295 g/mol. The third-order valence-corrected chi connectivity index (χ3v) is 3.25. The number of carboxylic acid groups (broad SMARTS) is 1. The molecule has 2 aromatic rings. The molecule has 1 atom stereocenters. The second kappa shape index (κ2) is 5.95. The molecule has 0 aliphatic rings. The number of para-hydroxylation sites is 1. The average Bonchev–Trinajstić information content (AvgIpc) is 2.39. The van der Waals surface area contributed by atoms with Crippen LogP contribution in [0.25, 0.3) is 0 Å². The van der Waals surface area contributed by atoms with E-state index in [-0.39, 0.29) is 0 Å². The molecule has 0 radical (unpaired) electrons. The summed E-state index contributed by atoms with van der Waals surface area (Å²) in [4.78, 5) is 11.3. The van der Waals surface area contributed by atoms with Crippen LogP contribution in [0.2, 0.25) is 10.0 Å². The van der Waals surface area contributed by atoms with E-state index in [2.05, 4.69) is 5.32 Å². The Kier molecular flexibility index (Phi) is 4.30. The van der Waals surface area contributed by atoms with Crippen LogP contribution < -0.4 is 10.4 Å². The number of benzene rings is 2. The molecule has 5 heteroatoms. The van der Waals surface area contributed by atoms with Crippen molar-refractivity contribution in [3.8, 4) is 0 Å². The first-order valence-corrected chi connectivity index (χ1v) is 6.31. The molecule has 0 aliphatic carbocycles. The molecule has 1 unspecified atom stereocenters. The summed E-state index contributed by atoms with van der Waals surface area (Å²) in [7, 11) is 0. The highest BCUT2D eigenvalue weighted by molar-refractivity contribution is 6.39. The number of carbonyl (C=O) groups excluding carboxylic acids is 1. The van der Waals surface area contributed by atoms with Gasteiger partial charge in [0.1, 0.15) is 0 Å². The lowest BCUT2D eigenvalue weighted by Gasteiger charge is -2.22. The smallest absolute Gasteiger partial charge is 0.0913 e. The number of anilines is 1. The van der Waals surface area contributed by atoms with Gasteiger partial charge in [-0.2, -0.15) is 0 Å². The minimum Gasteiger partial charge on any atom is -0.548 e. The highest BCUT2D eigenvalue weighted by Crippen LogP contribution is 2.32. The first-order chi connectivity index (χ1) is 9.09. The Balaban J connectivity index is 2.35. The summed E-state index contributed by atoms with van der Waals surface area (Å²) >= 11 is 12.0. The van der Waals surface area contributed by atoms with Crippen LogP contribution in [0, 0.1) is 0 Å². The summed E-state index contributed by atoms with van der Waals surface area (Å²) in [5, 5.41) is 14.8. The Bertz CT molecular complexity index is 567. The largest absolute Gasteiger partial charge is 0.548 e. The zero-order chi connectivity index (χ0) is 13.8. The third-order valence-electron chi connectivity index (χ3n) is 2.62. The molecule has 2 rings (SSSR count). The minimum atomic E-state index is -1.25. The van der Waals surface area contributed by atoms with Gasteiger partial charge in [-0.05, 0) is 17.7 Å². The zero-order valence-electron chi connectivity index (χ0n) is 9.77. The summed E-state index contributed by atoms with van der Waals surface area (Å²) in [5.74, 6) is -1.25. The molecule has 0 aromatic heterocycles. The second-order valence-electron chi connectivity index (χ2n) is 3.90. The number of aliphatic carboxylic acids is 1. The van der Waals surface area contributed by atoms with Gasteiger partial charge in [0.15, 0.2) is 0 Å². The van der Waals surface area contributed by atoms with Crippen LogP contribution >= 0.6 is 23.2 Å². The van der Waals surface area contributed by atoms with Crippen molar-refractivity contribution in [2.24, 2.45) is 0 Å². The van der Waals surface area contributed by atoms with Gasteiger partial charge in [-0.15, -0.1) is 0 Å². The lowest BCUT2D eigenvalue weighted by Crippen LogP contribution is -2.34. The Morgan fingerprint density at radius 2 is 1.58 bits per heavy atom. The predicted octanol–water partition coefficient (Wildman–Crippen LogP) is 2.90. The van der Waals surface area contributed by atoms with E-state index in [0.29, 0.717) is 21.3 Å². The van der Waals surface area contributed by atoms with Crippen LogP contribution in [0.15, 0.2) is 48.5 Å². The van der Waals surface area contributed by atoms with Crippen molar-refractivity contribution in [2.45, 2.75) is 6.04 Å². The van der Waals surface area contributed by atoms with Gasteiger partial charge in [0.2, 0.25) is 0 Å². The predicted molar refractivity (Wildman–Crippen MR) is 74.3 cm³/mol. The van der Waals surface area contributed by atoms with E-state index in [9.17, 15) is 9.90 Å². The van der Waals surface area contributed by atoms with Crippen molar-refractivity contribution in [2.75, 3.05) is 5.32 Å². The fraction of sp³-hybridized carbons (Fsp3) is 0.0714. The quantitative estimate of drug-likeness (QED) is 0.943. The SMILES string of the molecule is O=C([O-])C(Nc1c(Cl)cccc1Cl)c1ccccc1. The topological polar surface area (TPSA) is 52.2 Å². The number of rotatable bonds is 4. The molecule has 0 aliphatic heterocycles. The maximum atomic E-state index is 11.3. The molecule has 98 valence electrons. The van der Waals surface area contributed by atoms with Crippen LogP contribution in [-0.2, 0) is 4.79 Å². The number of hydrogen-bond acceptors (Lipinski definition) is 3. The first-order valence-electron chi connectivity index (χ1n) is 5.56. The van der Waals surface area contributed by atoms with Gasteiger partial charge in [0.25, 0.3) is 0 Å². The fourth-order valence-electron chi connectivity index (χ4n) is 1.70. The van der Waals surface area contributed by atoms with Gasteiger partial charge < -0.3 is 15.2 Å². The van der Waals surface area contributed by atoms with Gasteiger partial charge in [-0.3, -0.25) is 0 Å². The Morgan fingerprint density at radius 1 is 1.00 bits per heavy atom. The van der Waals surface area contributed by atoms with Gasteiger partial charge in [0.05, 0.1) is 27.7 Å². The molecule has 0 heterocycles. The van der Waals surface area contributed by atoms with E-state index in [4.69, 9.17) is 23.2 Å². The van der Waals surface area contributed by atoms with Gasteiger partial charge >= 0.3 is 0 Å². The van der Waals surface area contributed by atoms with Crippen LogP contribution in [0.4, 0.5) is 5.69 Å². The van der Waals surface area contributed by atoms with E-state index >= 15 is 0 Å². The Hall–Kier alpha value is -1.71. The number of carboxylic acids is 1. The summed E-state index contributed by atoms with van der Waals surface area (Å²) < 4.78 is 0. The minimum absolute atomic E-state index is 0.356. The van der Waals surface area contributed by atoms with Crippen LogP contribution in [0.1, 0.15) is 11.6 Å². The lowest BCUT2D eigenvalue weighted by molar-refractivity contribution is -0.307. The normalized spacial score (nSPS) is 11.9. The van der Waals surface area contributed by atoms with E-state index in [0.717, 1.165) is 0 Å². The fourth-order valence-corrected chi connectivity index (χ4v) is 2.21. The molecule has 19 heavy (non-hydrogen) atoms. The van der Waals surface area contributed by atoms with Crippen molar-refractivity contribution in [1.29, 1.82) is 0 Å². The van der Waals surface area contributed by atoms with E-state index in [1.807, 2.05) is 0 Å². The van der Waals surface area contributed by atoms with Crippen LogP contribution in [-0.4, -0.2) is 5.97 Å². The molecule has 2 aromatic carbocycles. The van der Waals surface area contributed by atoms with Crippen molar-refractivity contribution in [1.82, 2.24) is 0 Å². The van der Waals surface area contributed by atoms with Crippen molar-refractivity contribution in [3.63, 3.8) is 0 Å². The molecule has 3 nitrogen and oxygen atoms in total. The first kappa shape index (κ1) is 13.7. The summed E-state index contributed by atoms with van der Waals surface area (Å²) in [6.45, 7) is 0. The highest BCUT2D eigenvalue weighted by Gasteiger charge is 2.15. The van der Waals surface area contributed by atoms with Gasteiger partial charge in [0, 0.05) is 0 Å². The molecule has 1 N–H and O–H groups in total. The summed E-state index contributed by atoms with van der Waals surface area (Å²) in [5.41, 5.74) is 0.947. The number of nitrogens with one attached hydrogen (secondary N) is 1. The Morgan fingerprint density at radius 3 is 2.11 bits per heavy atom. The third kappa shape index (κ3) is 3.19. The van der Waals surface area contributed by atoms with Crippen LogP contribution in [0.5, 0.6) is 0 Å². The summed E-state index contributed by atoms with van der Waals surface area (Å²) in [6, 6.07) is 12.6. The molecule has 0 saturated heterocycles. The molecule has 0 saturated carbocycles. The van der Waals surface area contributed by atoms with E-state index in [1.54, 1.807) is 48.5 Å². The highest BCUT2D eigenvalue weighted by atomic mass is 35.5. The maximum absolute atomic E-state index is 11.3. The molecular formula is C14H10Cl2NO2-. The Labute approximate surface area is 120 Å². The second-order valence-corrected chi connectivity index (χ2v) is 4.72. The monoisotopic (exact) mass is 294 g/mol. The van der Waals surface area contributed by atoms with Gasteiger partial charge in [-0.25, -0.2) is 0 Å². The van der Waals surface area contributed by atoms with Crippen molar-refractivity contribution < 1.29 is 9.90 Å². The molecule has 0 spiro atoms. The van der Waals surface area contributed by atoms with E-state index < -0.39 is 12.0 Å². The number of halogens is 2. The number of carbonyl (C=O) groups is 1. The summed E-state index contributed by atoms with van der Waals surface area (Å²) in [6.07, 6.45) is 0. The molecule has 0 amide bonds. The van der Waals surface area contributed by atoms with E-state index in [1.165, 1.54) is 0 Å². The molecular weight excluding hydrogens is 285 g/mol. The lowest BCUT2D eigenvalue weighted by atomic mass is 10.1. The molecule has 0 bridgehead atoms. The van der Waals surface area contributed by atoms with Crippen molar-refractivity contribution in [3.05, 3.63) is 64.1 Å². The van der Waals surface area contributed by atoms with Crippen molar-refractivity contribution >= 4 is 34.9 Å². The zero-order valence-corrected chi connectivity index (χ0v) is 11.3. The molecule has 0 fully saturated rings. The van der Waals surface area contributed by atoms with Crippen LogP contribution in [0.3, 0.4) is 0 Å². The standard InChI is InChI=1S/C14H11Cl2NO2/c15-10-7-4-8-11(16)13(10)17-12(14(18)19)9-5-2-1-3-6-9/h1-8,12,17H,(H,18,19)/p-1.